The Hall–Kier alpha value is -3.52. The van der Waals surface area contributed by atoms with Crippen LogP contribution in [0.25, 0.3) is 10.9 Å². The van der Waals surface area contributed by atoms with Gasteiger partial charge < -0.3 is 19.2 Å². The van der Waals surface area contributed by atoms with Crippen LogP contribution in [0.2, 0.25) is 0 Å². The molecular formula is C23H21N3O5. The van der Waals surface area contributed by atoms with Crippen LogP contribution >= 0.6 is 0 Å². The van der Waals surface area contributed by atoms with Crippen molar-refractivity contribution < 1.29 is 23.8 Å². The van der Waals surface area contributed by atoms with Gasteiger partial charge in [0.25, 0.3) is 5.91 Å². The van der Waals surface area contributed by atoms with Crippen LogP contribution in [0.4, 0.5) is 5.69 Å². The molecule has 3 aliphatic heterocycles. The lowest BCUT2D eigenvalue weighted by molar-refractivity contribution is -0.123. The monoisotopic (exact) mass is 419 g/mol. The molecular weight excluding hydrogens is 398 g/mol. The number of ether oxygens (including phenoxy) is 3. The second-order valence-corrected chi connectivity index (χ2v) is 8.04. The third kappa shape index (κ3) is 2.79. The van der Waals surface area contributed by atoms with Crippen molar-refractivity contribution in [1.29, 1.82) is 0 Å². The number of carbonyl (C=O) groups is 2. The van der Waals surface area contributed by atoms with E-state index in [-0.39, 0.29) is 25.0 Å². The number of imide groups is 1. The number of aromatic nitrogens is 1. The van der Waals surface area contributed by atoms with Crippen molar-refractivity contribution in [2.75, 3.05) is 25.3 Å². The first kappa shape index (κ1) is 18.3. The van der Waals surface area contributed by atoms with E-state index in [1.54, 1.807) is 25.3 Å². The zero-order chi connectivity index (χ0) is 21.1. The summed E-state index contributed by atoms with van der Waals surface area (Å²) < 4.78 is 16.1. The zero-order valence-electron chi connectivity index (χ0n) is 17.0. The van der Waals surface area contributed by atoms with Gasteiger partial charge in [0.05, 0.1) is 25.3 Å². The summed E-state index contributed by atoms with van der Waals surface area (Å²) in [5.41, 5.74) is 3.94. The van der Waals surface area contributed by atoms with E-state index in [0.29, 0.717) is 23.7 Å². The summed E-state index contributed by atoms with van der Waals surface area (Å²) in [6.07, 6.45) is 0.987. The number of carbonyl (C=O) groups excluding carboxylic acids is 2. The predicted molar refractivity (Wildman–Crippen MR) is 112 cm³/mol. The Labute approximate surface area is 178 Å². The molecule has 1 atom stereocenters. The maximum absolute atomic E-state index is 13.2. The van der Waals surface area contributed by atoms with E-state index < -0.39 is 6.04 Å². The van der Waals surface area contributed by atoms with Gasteiger partial charge in [-0.15, -0.1) is 0 Å². The Bertz CT molecular complexity index is 1230. The first-order valence-electron chi connectivity index (χ1n) is 10.3. The third-order valence-electron chi connectivity index (χ3n) is 6.39. The first-order chi connectivity index (χ1) is 15.1. The maximum atomic E-state index is 13.2. The van der Waals surface area contributed by atoms with Gasteiger partial charge in [0.2, 0.25) is 12.7 Å². The van der Waals surface area contributed by atoms with Crippen molar-refractivity contribution in [3.05, 3.63) is 47.7 Å². The molecule has 0 radical (unpaired) electrons. The van der Waals surface area contributed by atoms with Gasteiger partial charge in [-0.2, -0.15) is 0 Å². The zero-order valence-corrected chi connectivity index (χ0v) is 17.0. The fraction of sp³-hybridized carbons (Fsp3) is 0.304. The minimum Gasteiger partial charge on any atom is -0.497 e. The second-order valence-electron chi connectivity index (χ2n) is 8.04. The summed E-state index contributed by atoms with van der Waals surface area (Å²) in [4.78, 5) is 32.9. The lowest BCUT2D eigenvalue weighted by Crippen LogP contribution is -2.44. The van der Waals surface area contributed by atoms with Crippen molar-refractivity contribution in [1.82, 2.24) is 9.88 Å². The molecule has 4 heterocycles. The number of nitrogens with zero attached hydrogens (tertiary/aromatic N) is 2. The summed E-state index contributed by atoms with van der Waals surface area (Å²) in [5.74, 6) is 1.62. The average Bonchev–Trinajstić information content (AvgIpc) is 3.47. The van der Waals surface area contributed by atoms with Crippen molar-refractivity contribution in [2.24, 2.45) is 0 Å². The van der Waals surface area contributed by atoms with Crippen molar-refractivity contribution in [3.63, 3.8) is 0 Å². The Balaban J connectivity index is 1.27. The topological polar surface area (TPSA) is 84.1 Å². The highest BCUT2D eigenvalue weighted by molar-refractivity contribution is 6.22. The van der Waals surface area contributed by atoms with Gasteiger partial charge in [-0.05, 0) is 42.3 Å². The Morgan fingerprint density at radius 1 is 1.10 bits per heavy atom. The Kier molecular flexibility index (Phi) is 3.97. The van der Waals surface area contributed by atoms with Gasteiger partial charge in [-0.1, -0.05) is 0 Å². The summed E-state index contributed by atoms with van der Waals surface area (Å²) in [7, 11) is 1.66. The van der Waals surface area contributed by atoms with Gasteiger partial charge in [0.1, 0.15) is 5.75 Å². The van der Waals surface area contributed by atoms with Gasteiger partial charge in [0.15, 0.2) is 11.5 Å². The molecule has 8 heteroatoms. The van der Waals surface area contributed by atoms with E-state index in [1.807, 2.05) is 18.2 Å². The largest absolute Gasteiger partial charge is 0.497 e. The first-order valence-corrected chi connectivity index (χ1v) is 10.3. The smallest absolute Gasteiger partial charge is 0.251 e. The molecule has 3 aromatic rings. The molecule has 0 spiro atoms. The lowest BCUT2D eigenvalue weighted by atomic mass is 10.0. The number of amides is 2. The van der Waals surface area contributed by atoms with Crippen LogP contribution in [0.5, 0.6) is 17.2 Å². The summed E-state index contributed by atoms with van der Waals surface area (Å²) >= 11 is 0. The number of benzene rings is 2. The highest BCUT2D eigenvalue weighted by Crippen LogP contribution is 2.38. The molecule has 1 N–H and O–H groups in total. The van der Waals surface area contributed by atoms with E-state index >= 15 is 0 Å². The molecule has 0 bridgehead atoms. The molecule has 6 rings (SSSR count). The fourth-order valence-electron chi connectivity index (χ4n) is 4.83. The highest BCUT2D eigenvalue weighted by atomic mass is 16.7. The normalized spacial score (nSPS) is 20.5. The molecule has 2 aromatic carbocycles. The number of anilines is 1. The SMILES string of the molecule is COc1ccc2[nH]c3c(c2c1)CCN(C1CC(=O)N(c2ccc4c(c2)OCO4)C1=O)C3. The Morgan fingerprint density at radius 2 is 1.97 bits per heavy atom. The number of aromatic amines is 1. The maximum Gasteiger partial charge on any atom is 0.251 e. The van der Waals surface area contributed by atoms with Gasteiger partial charge in [-0.25, -0.2) is 4.90 Å². The minimum absolute atomic E-state index is 0.149. The molecule has 1 saturated heterocycles. The van der Waals surface area contributed by atoms with Gasteiger partial charge in [-0.3, -0.25) is 14.5 Å². The number of hydrogen-bond acceptors (Lipinski definition) is 6. The van der Waals surface area contributed by atoms with Gasteiger partial charge >= 0.3 is 0 Å². The molecule has 0 saturated carbocycles. The van der Waals surface area contributed by atoms with Crippen LogP contribution in [0, 0.1) is 0 Å². The van der Waals surface area contributed by atoms with E-state index in [1.165, 1.54) is 10.5 Å². The average molecular weight is 419 g/mol. The summed E-state index contributed by atoms with van der Waals surface area (Å²) in [6, 6.07) is 10.7. The third-order valence-corrected chi connectivity index (χ3v) is 6.39. The van der Waals surface area contributed by atoms with Gasteiger partial charge in [0, 0.05) is 35.8 Å². The van der Waals surface area contributed by atoms with E-state index in [0.717, 1.165) is 35.3 Å². The number of rotatable bonds is 3. The number of methoxy groups -OCH3 is 1. The molecule has 31 heavy (non-hydrogen) atoms. The van der Waals surface area contributed by atoms with Crippen LogP contribution in [0.15, 0.2) is 36.4 Å². The molecule has 8 nitrogen and oxygen atoms in total. The van der Waals surface area contributed by atoms with E-state index in [4.69, 9.17) is 14.2 Å². The van der Waals surface area contributed by atoms with Crippen LogP contribution in [-0.2, 0) is 22.6 Å². The van der Waals surface area contributed by atoms with Crippen molar-refractivity contribution in [2.45, 2.75) is 25.4 Å². The molecule has 158 valence electrons. The number of H-pyrrole nitrogens is 1. The quantitative estimate of drug-likeness (QED) is 0.657. The predicted octanol–water partition coefficient (Wildman–Crippen LogP) is 2.60. The fourth-order valence-corrected chi connectivity index (χ4v) is 4.83. The number of nitrogens with one attached hydrogen (secondary N) is 1. The number of hydrogen-bond donors (Lipinski definition) is 1. The minimum atomic E-state index is -0.466. The van der Waals surface area contributed by atoms with Crippen LogP contribution in [-0.4, -0.2) is 48.2 Å². The second kappa shape index (κ2) is 6.75. The number of fused-ring (bicyclic) bond motifs is 4. The van der Waals surface area contributed by atoms with Crippen molar-refractivity contribution in [3.8, 4) is 17.2 Å². The van der Waals surface area contributed by atoms with Crippen LogP contribution in [0.3, 0.4) is 0 Å². The van der Waals surface area contributed by atoms with Crippen molar-refractivity contribution >= 4 is 28.4 Å². The summed E-state index contributed by atoms with van der Waals surface area (Å²) in [6.45, 7) is 1.47. The molecule has 2 amide bonds. The Morgan fingerprint density at radius 3 is 2.84 bits per heavy atom. The highest BCUT2D eigenvalue weighted by Gasteiger charge is 2.44. The molecule has 1 fully saturated rings. The molecule has 3 aliphatic rings. The molecule has 1 unspecified atom stereocenters. The molecule has 0 aliphatic carbocycles. The summed E-state index contributed by atoms with van der Waals surface area (Å²) in [5, 5.41) is 1.16. The van der Waals surface area contributed by atoms with E-state index in [2.05, 4.69) is 9.88 Å². The van der Waals surface area contributed by atoms with E-state index in [9.17, 15) is 9.59 Å². The molecule has 1 aromatic heterocycles. The standard InChI is InChI=1S/C23H21N3O5/c1-29-14-3-4-17-16(9-14)15-6-7-25(11-18(15)24-17)19-10-22(27)26(23(19)28)13-2-5-20-21(8-13)31-12-30-20/h2-5,8-9,19,24H,6-7,10-12H2,1H3. The van der Waals surface area contributed by atoms with Crippen LogP contribution < -0.4 is 19.1 Å². The van der Waals surface area contributed by atoms with Crippen LogP contribution in [0.1, 0.15) is 17.7 Å². The lowest BCUT2D eigenvalue weighted by Gasteiger charge is -2.30.